The number of benzene rings is 1. The summed E-state index contributed by atoms with van der Waals surface area (Å²) in [5, 5.41) is 4.58. The molecule has 0 aliphatic heterocycles. The Morgan fingerprint density at radius 2 is 1.96 bits per heavy atom. The number of rotatable bonds is 2. The van der Waals surface area contributed by atoms with E-state index in [2.05, 4.69) is 15.1 Å². The van der Waals surface area contributed by atoms with Crippen LogP contribution in [0.25, 0.3) is 27.8 Å². The van der Waals surface area contributed by atoms with Crippen molar-refractivity contribution in [2.24, 2.45) is 0 Å². The number of alkyl halides is 2. The predicted octanol–water partition coefficient (Wildman–Crippen LogP) is 3.31. The van der Waals surface area contributed by atoms with Gasteiger partial charge in [-0.25, -0.2) is 17.7 Å². The molecular formula is C16H9F3N4O. The van der Waals surface area contributed by atoms with E-state index >= 15 is 0 Å². The molecule has 0 saturated heterocycles. The van der Waals surface area contributed by atoms with Crippen LogP contribution < -0.4 is 5.56 Å². The Kier molecular flexibility index (Phi) is 3.12. The van der Waals surface area contributed by atoms with E-state index in [0.29, 0.717) is 22.4 Å². The van der Waals surface area contributed by atoms with Crippen molar-refractivity contribution in [1.82, 2.24) is 19.6 Å². The molecule has 120 valence electrons. The second-order valence-corrected chi connectivity index (χ2v) is 5.21. The molecule has 4 rings (SSSR count). The second kappa shape index (κ2) is 5.19. The molecule has 0 saturated carbocycles. The highest BCUT2D eigenvalue weighted by Crippen LogP contribution is 2.24. The third-order valence-corrected chi connectivity index (χ3v) is 3.68. The quantitative estimate of drug-likeness (QED) is 0.613. The fraction of sp³-hybridized carbons (Fsp3) is 0.0625. The fourth-order valence-electron chi connectivity index (χ4n) is 2.58. The Hall–Kier alpha value is -3.16. The van der Waals surface area contributed by atoms with Crippen molar-refractivity contribution < 1.29 is 13.2 Å². The summed E-state index contributed by atoms with van der Waals surface area (Å²) in [6, 6.07) is 8.06. The standard InChI is InChI=1S/C16H9F3N4O/c17-9-1-2-10-13(6-9)23-14(21-16(10)24)7-11(22-23)8-3-4-20-12(5-8)15(18)19/h1-7,15H,(H,21,24). The molecule has 0 unspecified atom stereocenters. The monoisotopic (exact) mass is 330 g/mol. The van der Waals surface area contributed by atoms with E-state index in [1.54, 1.807) is 0 Å². The number of nitrogens with zero attached hydrogens (tertiary/aromatic N) is 3. The average Bonchev–Trinajstić information content (AvgIpc) is 2.99. The molecule has 0 aliphatic rings. The number of fused-ring (bicyclic) bond motifs is 3. The highest BCUT2D eigenvalue weighted by Gasteiger charge is 2.14. The number of hydrogen-bond acceptors (Lipinski definition) is 3. The van der Waals surface area contributed by atoms with Crippen LogP contribution in [0.5, 0.6) is 0 Å². The molecule has 0 amide bonds. The maximum Gasteiger partial charge on any atom is 0.280 e. The first-order valence-electron chi connectivity index (χ1n) is 6.99. The summed E-state index contributed by atoms with van der Waals surface area (Å²) in [5.41, 5.74) is 0.675. The molecule has 0 bridgehead atoms. The van der Waals surface area contributed by atoms with Crippen molar-refractivity contribution in [3.63, 3.8) is 0 Å². The number of H-pyrrole nitrogens is 1. The van der Waals surface area contributed by atoms with Crippen molar-refractivity contribution in [3.8, 4) is 11.3 Å². The van der Waals surface area contributed by atoms with Gasteiger partial charge in [0.25, 0.3) is 12.0 Å². The summed E-state index contributed by atoms with van der Waals surface area (Å²) in [4.78, 5) is 18.3. The van der Waals surface area contributed by atoms with E-state index in [1.165, 1.54) is 47.1 Å². The van der Waals surface area contributed by atoms with E-state index < -0.39 is 12.2 Å². The van der Waals surface area contributed by atoms with Gasteiger partial charge in [-0.05, 0) is 24.3 Å². The lowest BCUT2D eigenvalue weighted by Gasteiger charge is -2.01. The molecule has 3 aromatic heterocycles. The minimum absolute atomic E-state index is 0.279. The van der Waals surface area contributed by atoms with Gasteiger partial charge in [-0.2, -0.15) is 5.10 Å². The van der Waals surface area contributed by atoms with Gasteiger partial charge in [0.1, 0.15) is 17.2 Å². The van der Waals surface area contributed by atoms with E-state index in [9.17, 15) is 18.0 Å². The molecule has 8 heteroatoms. The maximum atomic E-state index is 13.5. The molecule has 1 aromatic carbocycles. The topological polar surface area (TPSA) is 63.0 Å². The highest BCUT2D eigenvalue weighted by molar-refractivity contribution is 5.81. The van der Waals surface area contributed by atoms with Gasteiger partial charge in [-0.15, -0.1) is 0 Å². The Labute approximate surface area is 132 Å². The first-order chi connectivity index (χ1) is 11.5. The first kappa shape index (κ1) is 14.4. The Morgan fingerprint density at radius 3 is 2.75 bits per heavy atom. The van der Waals surface area contributed by atoms with E-state index in [0.717, 1.165) is 0 Å². The van der Waals surface area contributed by atoms with Crippen LogP contribution in [0, 0.1) is 5.82 Å². The third-order valence-electron chi connectivity index (χ3n) is 3.68. The van der Waals surface area contributed by atoms with Crippen LogP contribution in [0.2, 0.25) is 0 Å². The zero-order valence-corrected chi connectivity index (χ0v) is 12.0. The number of aromatic nitrogens is 4. The van der Waals surface area contributed by atoms with Crippen LogP contribution in [0.15, 0.2) is 47.4 Å². The molecule has 0 spiro atoms. The molecule has 3 heterocycles. The van der Waals surface area contributed by atoms with Gasteiger partial charge in [0, 0.05) is 23.9 Å². The Balaban J connectivity index is 1.99. The molecule has 0 radical (unpaired) electrons. The van der Waals surface area contributed by atoms with Gasteiger partial charge in [0.15, 0.2) is 0 Å². The van der Waals surface area contributed by atoms with Crippen molar-refractivity contribution in [3.05, 3.63) is 64.5 Å². The molecule has 5 nitrogen and oxygen atoms in total. The number of halogens is 3. The lowest BCUT2D eigenvalue weighted by molar-refractivity contribution is 0.146. The van der Waals surface area contributed by atoms with E-state index in [4.69, 9.17) is 0 Å². The predicted molar refractivity (Wildman–Crippen MR) is 81.5 cm³/mol. The highest BCUT2D eigenvalue weighted by atomic mass is 19.3. The van der Waals surface area contributed by atoms with E-state index in [1.807, 2.05) is 0 Å². The minimum Gasteiger partial charge on any atom is -0.306 e. The summed E-state index contributed by atoms with van der Waals surface area (Å²) < 4.78 is 40.5. The van der Waals surface area contributed by atoms with Gasteiger partial charge in [0.05, 0.1) is 16.6 Å². The second-order valence-electron chi connectivity index (χ2n) is 5.21. The van der Waals surface area contributed by atoms with Gasteiger partial charge in [0.2, 0.25) is 0 Å². The van der Waals surface area contributed by atoms with Crippen molar-refractivity contribution >= 4 is 16.6 Å². The zero-order valence-electron chi connectivity index (χ0n) is 12.0. The summed E-state index contributed by atoms with van der Waals surface area (Å²) in [6.07, 6.45) is -1.43. The number of pyridine rings is 1. The summed E-state index contributed by atoms with van der Waals surface area (Å²) in [7, 11) is 0. The number of hydrogen-bond donors (Lipinski definition) is 1. The van der Waals surface area contributed by atoms with Gasteiger partial charge in [-0.1, -0.05) is 0 Å². The molecule has 0 atom stereocenters. The van der Waals surface area contributed by atoms with Crippen molar-refractivity contribution in [2.45, 2.75) is 6.43 Å². The maximum absolute atomic E-state index is 13.5. The van der Waals surface area contributed by atoms with Crippen molar-refractivity contribution in [1.29, 1.82) is 0 Å². The summed E-state index contributed by atoms with van der Waals surface area (Å²) >= 11 is 0. The van der Waals surface area contributed by atoms with Crippen LogP contribution in [0.3, 0.4) is 0 Å². The summed E-state index contributed by atoms with van der Waals surface area (Å²) in [5.74, 6) is -0.504. The van der Waals surface area contributed by atoms with Gasteiger partial charge >= 0.3 is 0 Å². The normalized spacial score (nSPS) is 11.7. The third kappa shape index (κ3) is 2.23. The minimum atomic E-state index is -2.70. The number of nitrogens with one attached hydrogen (secondary N) is 1. The van der Waals surface area contributed by atoms with Crippen LogP contribution in [0.4, 0.5) is 13.2 Å². The molecule has 0 fully saturated rings. The summed E-state index contributed by atoms with van der Waals surface area (Å²) in [6.45, 7) is 0. The molecule has 24 heavy (non-hydrogen) atoms. The van der Waals surface area contributed by atoms with Gasteiger partial charge in [-0.3, -0.25) is 9.78 Å². The number of aromatic amines is 1. The fourth-order valence-corrected chi connectivity index (χ4v) is 2.58. The van der Waals surface area contributed by atoms with E-state index in [-0.39, 0.29) is 16.6 Å². The average molecular weight is 330 g/mol. The van der Waals surface area contributed by atoms with Crippen LogP contribution in [-0.4, -0.2) is 19.6 Å². The lowest BCUT2D eigenvalue weighted by Crippen LogP contribution is -2.10. The largest absolute Gasteiger partial charge is 0.306 e. The van der Waals surface area contributed by atoms with Gasteiger partial charge < -0.3 is 4.98 Å². The van der Waals surface area contributed by atoms with Crippen molar-refractivity contribution in [2.75, 3.05) is 0 Å². The van der Waals surface area contributed by atoms with Crippen LogP contribution in [0.1, 0.15) is 12.1 Å². The Morgan fingerprint density at radius 1 is 1.12 bits per heavy atom. The molecular weight excluding hydrogens is 321 g/mol. The molecule has 0 aliphatic carbocycles. The molecule has 4 aromatic rings. The SMILES string of the molecule is O=c1[nH]c2cc(-c3ccnc(C(F)F)c3)nn2c2cc(F)ccc12. The molecule has 1 N–H and O–H groups in total. The first-order valence-corrected chi connectivity index (χ1v) is 6.99. The smallest absolute Gasteiger partial charge is 0.280 e. The lowest BCUT2D eigenvalue weighted by atomic mass is 10.2. The Bertz CT molecular complexity index is 1130. The van der Waals surface area contributed by atoms with Crippen LogP contribution >= 0.6 is 0 Å². The zero-order chi connectivity index (χ0) is 16.8. The van der Waals surface area contributed by atoms with Crippen LogP contribution in [-0.2, 0) is 0 Å².